The van der Waals surface area contributed by atoms with Gasteiger partial charge in [0.2, 0.25) is 0 Å². The van der Waals surface area contributed by atoms with E-state index >= 15 is 0 Å². The molecule has 4 heteroatoms. The smallest absolute Gasteiger partial charge is 0.303 e. The number of unbranched alkanes of at least 4 members (excludes halogenated alkanes) is 3. The van der Waals surface area contributed by atoms with Crippen molar-refractivity contribution in [1.82, 2.24) is 0 Å². The topological polar surface area (TPSA) is 55.8 Å². The molecule has 1 aliphatic rings. The third kappa shape index (κ3) is 5.14. The van der Waals surface area contributed by atoms with Gasteiger partial charge in [0.05, 0.1) is 13.2 Å². The highest BCUT2D eigenvalue weighted by molar-refractivity contribution is 5.66. The summed E-state index contributed by atoms with van der Waals surface area (Å²) >= 11 is 0. The molecule has 0 unspecified atom stereocenters. The molecule has 1 fully saturated rings. The van der Waals surface area contributed by atoms with Crippen molar-refractivity contribution in [2.24, 2.45) is 0 Å². The van der Waals surface area contributed by atoms with Crippen molar-refractivity contribution >= 4 is 5.97 Å². The van der Waals surface area contributed by atoms with E-state index in [-0.39, 0.29) is 12.2 Å². The highest BCUT2D eigenvalue weighted by Crippen LogP contribution is 2.25. The fourth-order valence-corrected chi connectivity index (χ4v) is 1.78. The molecular weight excluding hydrogens is 196 g/mol. The number of rotatable bonds is 7. The summed E-state index contributed by atoms with van der Waals surface area (Å²) in [6.45, 7) is 3.35. The number of aliphatic carboxylic acids is 1. The summed E-state index contributed by atoms with van der Waals surface area (Å²) in [5.74, 6) is -1.09. The molecule has 0 bridgehead atoms. The Balaban J connectivity index is 1.94. The van der Waals surface area contributed by atoms with Gasteiger partial charge >= 0.3 is 5.97 Å². The molecule has 0 atom stereocenters. The van der Waals surface area contributed by atoms with Gasteiger partial charge in [0.25, 0.3) is 0 Å². The summed E-state index contributed by atoms with van der Waals surface area (Å²) in [5, 5.41) is 8.44. The monoisotopic (exact) mass is 216 g/mol. The zero-order valence-corrected chi connectivity index (χ0v) is 9.33. The molecule has 0 radical (unpaired) electrons. The molecule has 1 heterocycles. The fraction of sp³-hybridized carbons (Fsp3) is 0.909. The Hall–Kier alpha value is -0.610. The largest absolute Gasteiger partial charge is 0.481 e. The van der Waals surface area contributed by atoms with Crippen LogP contribution in [0.15, 0.2) is 0 Å². The Morgan fingerprint density at radius 2 is 1.80 bits per heavy atom. The Morgan fingerprint density at radius 1 is 1.20 bits per heavy atom. The molecule has 0 aromatic carbocycles. The molecular formula is C11H20O4. The first-order valence-electron chi connectivity index (χ1n) is 5.62. The second-order valence-corrected chi connectivity index (χ2v) is 4.14. The standard InChI is InChI=1S/C11H20O4/c1-11(14-8-9-15-11)7-5-3-2-4-6-10(12)13/h2-9H2,1H3,(H,12,13). The van der Waals surface area contributed by atoms with Crippen molar-refractivity contribution in [3.63, 3.8) is 0 Å². The van der Waals surface area contributed by atoms with E-state index in [2.05, 4.69) is 0 Å². The number of carboxylic acids is 1. The highest BCUT2D eigenvalue weighted by Gasteiger charge is 2.29. The summed E-state index contributed by atoms with van der Waals surface area (Å²) in [4.78, 5) is 10.3. The molecule has 0 saturated carbocycles. The molecule has 0 aliphatic carbocycles. The Morgan fingerprint density at radius 3 is 2.40 bits per heavy atom. The third-order valence-corrected chi connectivity index (χ3v) is 2.67. The maximum atomic E-state index is 10.3. The maximum Gasteiger partial charge on any atom is 0.303 e. The molecule has 0 aromatic heterocycles. The first kappa shape index (κ1) is 12.5. The number of carboxylic acid groups (broad SMARTS) is 1. The quantitative estimate of drug-likeness (QED) is 0.663. The van der Waals surface area contributed by atoms with E-state index in [9.17, 15) is 4.79 Å². The normalized spacial score (nSPS) is 19.3. The summed E-state index contributed by atoms with van der Waals surface area (Å²) in [6, 6.07) is 0. The van der Waals surface area contributed by atoms with Crippen LogP contribution in [0.25, 0.3) is 0 Å². The SMILES string of the molecule is CC1(CCCCCCC(=O)O)OCCO1. The molecule has 1 saturated heterocycles. The van der Waals surface area contributed by atoms with Crippen LogP contribution in [0.3, 0.4) is 0 Å². The van der Waals surface area contributed by atoms with E-state index in [0.29, 0.717) is 13.2 Å². The van der Waals surface area contributed by atoms with Crippen LogP contribution in [-0.2, 0) is 14.3 Å². The van der Waals surface area contributed by atoms with Crippen LogP contribution in [0.2, 0.25) is 0 Å². The van der Waals surface area contributed by atoms with Crippen LogP contribution in [-0.4, -0.2) is 30.1 Å². The average molecular weight is 216 g/mol. The van der Waals surface area contributed by atoms with Gasteiger partial charge in [0.1, 0.15) is 0 Å². The van der Waals surface area contributed by atoms with Gasteiger partial charge in [-0.15, -0.1) is 0 Å². The van der Waals surface area contributed by atoms with Crippen molar-refractivity contribution in [3.8, 4) is 0 Å². The molecule has 0 aromatic rings. The van der Waals surface area contributed by atoms with E-state index in [1.54, 1.807) is 0 Å². The van der Waals surface area contributed by atoms with Gasteiger partial charge in [-0.05, 0) is 19.8 Å². The summed E-state index contributed by atoms with van der Waals surface area (Å²) in [7, 11) is 0. The summed E-state index contributed by atoms with van der Waals surface area (Å²) in [6.07, 6.45) is 5.02. The lowest BCUT2D eigenvalue weighted by Gasteiger charge is -2.21. The summed E-state index contributed by atoms with van der Waals surface area (Å²) < 4.78 is 10.9. The lowest BCUT2D eigenvalue weighted by atomic mass is 10.1. The Labute approximate surface area is 90.6 Å². The minimum absolute atomic E-state index is 0.282. The Bertz CT molecular complexity index is 197. The second-order valence-electron chi connectivity index (χ2n) is 4.14. The number of ether oxygens (including phenoxy) is 2. The Kier molecular flexibility index (Phi) is 5.05. The zero-order valence-electron chi connectivity index (χ0n) is 9.33. The molecule has 1 rings (SSSR count). The number of carbonyl (C=O) groups is 1. The summed E-state index contributed by atoms with van der Waals surface area (Å²) in [5.41, 5.74) is 0. The molecule has 1 N–H and O–H groups in total. The fourth-order valence-electron chi connectivity index (χ4n) is 1.78. The minimum atomic E-state index is -0.704. The first-order chi connectivity index (χ1) is 7.12. The van der Waals surface area contributed by atoms with Crippen LogP contribution in [0.5, 0.6) is 0 Å². The maximum absolute atomic E-state index is 10.3. The minimum Gasteiger partial charge on any atom is -0.481 e. The lowest BCUT2D eigenvalue weighted by molar-refractivity contribution is -0.147. The van der Waals surface area contributed by atoms with Crippen molar-refractivity contribution in [3.05, 3.63) is 0 Å². The van der Waals surface area contributed by atoms with Gasteiger partial charge < -0.3 is 14.6 Å². The molecule has 0 amide bonds. The van der Waals surface area contributed by atoms with Gasteiger partial charge in [-0.3, -0.25) is 4.79 Å². The lowest BCUT2D eigenvalue weighted by Crippen LogP contribution is -2.24. The van der Waals surface area contributed by atoms with E-state index in [4.69, 9.17) is 14.6 Å². The van der Waals surface area contributed by atoms with Gasteiger partial charge in [0.15, 0.2) is 5.79 Å². The third-order valence-electron chi connectivity index (χ3n) is 2.67. The molecule has 88 valence electrons. The average Bonchev–Trinajstić information content (AvgIpc) is 2.58. The van der Waals surface area contributed by atoms with Crippen molar-refractivity contribution in [2.75, 3.05) is 13.2 Å². The highest BCUT2D eigenvalue weighted by atomic mass is 16.7. The second kappa shape index (κ2) is 6.08. The molecule has 0 spiro atoms. The van der Waals surface area contributed by atoms with Gasteiger partial charge in [-0.1, -0.05) is 12.8 Å². The first-order valence-corrected chi connectivity index (χ1v) is 5.62. The molecule has 4 nitrogen and oxygen atoms in total. The van der Waals surface area contributed by atoms with Crippen LogP contribution in [0.4, 0.5) is 0 Å². The van der Waals surface area contributed by atoms with Gasteiger partial charge in [-0.25, -0.2) is 0 Å². The van der Waals surface area contributed by atoms with E-state index in [1.807, 2.05) is 6.92 Å². The molecule has 15 heavy (non-hydrogen) atoms. The van der Waals surface area contributed by atoms with Crippen LogP contribution in [0.1, 0.15) is 45.4 Å². The van der Waals surface area contributed by atoms with Crippen molar-refractivity contribution in [2.45, 2.75) is 51.2 Å². The van der Waals surface area contributed by atoms with E-state index < -0.39 is 5.97 Å². The van der Waals surface area contributed by atoms with Crippen LogP contribution < -0.4 is 0 Å². The van der Waals surface area contributed by atoms with Crippen LogP contribution in [0, 0.1) is 0 Å². The van der Waals surface area contributed by atoms with Crippen molar-refractivity contribution < 1.29 is 19.4 Å². The number of hydrogen-bond donors (Lipinski definition) is 1. The number of hydrogen-bond acceptors (Lipinski definition) is 3. The van der Waals surface area contributed by atoms with E-state index in [0.717, 1.165) is 32.1 Å². The van der Waals surface area contributed by atoms with Crippen LogP contribution >= 0.6 is 0 Å². The van der Waals surface area contributed by atoms with Crippen molar-refractivity contribution in [1.29, 1.82) is 0 Å². The zero-order chi connectivity index (χ0) is 11.1. The van der Waals surface area contributed by atoms with E-state index in [1.165, 1.54) is 0 Å². The van der Waals surface area contributed by atoms with Gasteiger partial charge in [-0.2, -0.15) is 0 Å². The molecule has 1 aliphatic heterocycles. The van der Waals surface area contributed by atoms with Gasteiger partial charge in [0, 0.05) is 12.8 Å². The predicted octanol–water partition coefficient (Wildman–Crippen LogP) is 2.17. The predicted molar refractivity (Wildman–Crippen MR) is 55.6 cm³/mol.